The van der Waals surface area contributed by atoms with Crippen LogP contribution in [0.2, 0.25) is 0 Å². The second kappa shape index (κ2) is 3.78. The number of nitrogen functional groups attached to an aromatic ring is 2. The molecule has 0 saturated heterocycles. The summed E-state index contributed by atoms with van der Waals surface area (Å²) >= 11 is 0. The molecule has 3 heteroatoms. The monoisotopic (exact) mass is 163 g/mol. The minimum Gasteiger partial charge on any atom is -0.397 e. The van der Waals surface area contributed by atoms with Crippen LogP contribution in [0.25, 0.3) is 6.08 Å². The molecule has 0 aliphatic rings. The molecule has 0 spiro atoms. The van der Waals surface area contributed by atoms with Gasteiger partial charge in [-0.25, -0.2) is 0 Å². The molecule has 0 aromatic heterocycles. The fourth-order valence-corrected chi connectivity index (χ4v) is 0.901. The van der Waals surface area contributed by atoms with Crippen molar-refractivity contribution >= 4 is 17.5 Å². The van der Waals surface area contributed by atoms with Gasteiger partial charge in [-0.15, -0.1) is 0 Å². The van der Waals surface area contributed by atoms with Crippen LogP contribution in [0.1, 0.15) is 5.56 Å². The van der Waals surface area contributed by atoms with Crippen LogP contribution >= 0.6 is 0 Å². The number of anilines is 2. The predicted molar refractivity (Wildman–Crippen MR) is 53.4 cm³/mol. The van der Waals surface area contributed by atoms with Crippen molar-refractivity contribution in [3.63, 3.8) is 0 Å². The standard InChI is InChI=1S/C9H13N3/c10-5-1-2-7-3-4-8(11)9(12)6-7/h1-4,6H,5,10-12H2. The molecule has 0 bridgehead atoms. The quantitative estimate of drug-likeness (QED) is 0.565. The van der Waals surface area contributed by atoms with Gasteiger partial charge in [-0.05, 0) is 17.7 Å². The zero-order chi connectivity index (χ0) is 8.97. The molecule has 64 valence electrons. The van der Waals surface area contributed by atoms with E-state index in [9.17, 15) is 0 Å². The summed E-state index contributed by atoms with van der Waals surface area (Å²) in [6, 6.07) is 5.50. The molecule has 1 aromatic rings. The second-order valence-corrected chi connectivity index (χ2v) is 2.53. The Bertz CT molecular complexity index is 292. The van der Waals surface area contributed by atoms with Crippen LogP contribution in [0.15, 0.2) is 24.3 Å². The Balaban J connectivity index is 2.89. The fraction of sp³-hybridized carbons (Fsp3) is 0.111. The highest BCUT2D eigenvalue weighted by Gasteiger charge is 1.92. The molecule has 0 aliphatic carbocycles. The number of nitrogens with two attached hydrogens (primary N) is 3. The minimum atomic E-state index is 0.532. The van der Waals surface area contributed by atoms with Crippen molar-refractivity contribution in [2.75, 3.05) is 18.0 Å². The van der Waals surface area contributed by atoms with E-state index in [1.165, 1.54) is 0 Å². The van der Waals surface area contributed by atoms with E-state index in [0.717, 1.165) is 5.56 Å². The van der Waals surface area contributed by atoms with Crippen LogP contribution in [0.3, 0.4) is 0 Å². The maximum Gasteiger partial charge on any atom is 0.0553 e. The van der Waals surface area contributed by atoms with E-state index in [2.05, 4.69) is 0 Å². The van der Waals surface area contributed by atoms with Crippen molar-refractivity contribution in [1.82, 2.24) is 0 Å². The lowest BCUT2D eigenvalue weighted by Gasteiger charge is -2.00. The van der Waals surface area contributed by atoms with Gasteiger partial charge in [0.05, 0.1) is 11.4 Å². The summed E-state index contributed by atoms with van der Waals surface area (Å²) in [5.74, 6) is 0. The molecule has 1 rings (SSSR count). The van der Waals surface area contributed by atoms with Crippen molar-refractivity contribution in [2.24, 2.45) is 5.73 Å². The van der Waals surface area contributed by atoms with Crippen LogP contribution < -0.4 is 17.2 Å². The van der Waals surface area contributed by atoms with Crippen LogP contribution in [0, 0.1) is 0 Å². The molecule has 0 atom stereocenters. The summed E-state index contributed by atoms with van der Waals surface area (Å²) in [4.78, 5) is 0. The largest absolute Gasteiger partial charge is 0.397 e. The van der Waals surface area contributed by atoms with Gasteiger partial charge in [0.2, 0.25) is 0 Å². The normalized spacial score (nSPS) is 10.8. The molecule has 0 heterocycles. The Labute approximate surface area is 71.9 Å². The summed E-state index contributed by atoms with van der Waals surface area (Å²) in [5.41, 5.74) is 18.7. The van der Waals surface area contributed by atoms with E-state index in [-0.39, 0.29) is 0 Å². The van der Waals surface area contributed by atoms with Gasteiger partial charge in [-0.2, -0.15) is 0 Å². The van der Waals surface area contributed by atoms with Crippen LogP contribution in [0.4, 0.5) is 11.4 Å². The van der Waals surface area contributed by atoms with Gasteiger partial charge in [-0.1, -0.05) is 18.2 Å². The lowest BCUT2D eigenvalue weighted by atomic mass is 10.1. The van der Waals surface area contributed by atoms with Crippen molar-refractivity contribution in [2.45, 2.75) is 0 Å². The maximum atomic E-state index is 5.60. The highest BCUT2D eigenvalue weighted by molar-refractivity contribution is 5.68. The molecule has 0 aliphatic heterocycles. The molecule has 0 amide bonds. The number of hydrogen-bond acceptors (Lipinski definition) is 3. The maximum absolute atomic E-state index is 5.60. The molecule has 0 saturated carbocycles. The summed E-state index contributed by atoms with van der Waals surface area (Å²) in [5, 5.41) is 0. The molecule has 6 N–H and O–H groups in total. The molecule has 0 radical (unpaired) electrons. The zero-order valence-corrected chi connectivity index (χ0v) is 6.83. The van der Waals surface area contributed by atoms with Gasteiger partial charge in [-0.3, -0.25) is 0 Å². The topological polar surface area (TPSA) is 78.1 Å². The average molecular weight is 163 g/mol. The molecule has 1 aromatic carbocycles. The highest BCUT2D eigenvalue weighted by Crippen LogP contribution is 2.16. The smallest absolute Gasteiger partial charge is 0.0553 e. The van der Waals surface area contributed by atoms with Crippen LogP contribution in [-0.4, -0.2) is 6.54 Å². The average Bonchev–Trinajstić information content (AvgIpc) is 2.07. The Hall–Kier alpha value is -1.48. The third-order valence-corrected chi connectivity index (χ3v) is 1.56. The number of rotatable bonds is 2. The first-order valence-corrected chi connectivity index (χ1v) is 3.75. The Kier molecular flexibility index (Phi) is 2.71. The van der Waals surface area contributed by atoms with Crippen LogP contribution in [0.5, 0.6) is 0 Å². The molecule has 0 fully saturated rings. The van der Waals surface area contributed by atoms with Crippen molar-refractivity contribution in [1.29, 1.82) is 0 Å². The first-order valence-electron chi connectivity index (χ1n) is 3.75. The third-order valence-electron chi connectivity index (χ3n) is 1.56. The van der Waals surface area contributed by atoms with Gasteiger partial charge in [0.15, 0.2) is 0 Å². The lowest BCUT2D eigenvalue weighted by molar-refractivity contribution is 1.26. The lowest BCUT2D eigenvalue weighted by Crippen LogP contribution is -1.95. The first-order chi connectivity index (χ1) is 5.74. The van der Waals surface area contributed by atoms with Gasteiger partial charge >= 0.3 is 0 Å². The highest BCUT2D eigenvalue weighted by atomic mass is 14.7. The van der Waals surface area contributed by atoms with Crippen molar-refractivity contribution < 1.29 is 0 Å². The van der Waals surface area contributed by atoms with E-state index in [0.29, 0.717) is 17.9 Å². The fourth-order valence-electron chi connectivity index (χ4n) is 0.901. The summed E-state index contributed by atoms with van der Waals surface area (Å²) in [7, 11) is 0. The molecule has 0 unspecified atom stereocenters. The van der Waals surface area contributed by atoms with Gasteiger partial charge < -0.3 is 17.2 Å². The van der Waals surface area contributed by atoms with Gasteiger partial charge in [0, 0.05) is 6.54 Å². The number of benzene rings is 1. The van der Waals surface area contributed by atoms with Crippen molar-refractivity contribution in [3.8, 4) is 0 Å². The van der Waals surface area contributed by atoms with E-state index in [1.807, 2.05) is 24.3 Å². The molecule has 3 nitrogen and oxygen atoms in total. The van der Waals surface area contributed by atoms with Crippen LogP contribution in [-0.2, 0) is 0 Å². The van der Waals surface area contributed by atoms with E-state index < -0.39 is 0 Å². The van der Waals surface area contributed by atoms with E-state index in [4.69, 9.17) is 17.2 Å². The molecular weight excluding hydrogens is 150 g/mol. The van der Waals surface area contributed by atoms with E-state index >= 15 is 0 Å². The zero-order valence-electron chi connectivity index (χ0n) is 6.83. The van der Waals surface area contributed by atoms with Crippen molar-refractivity contribution in [3.05, 3.63) is 29.8 Å². The van der Waals surface area contributed by atoms with Gasteiger partial charge in [0.25, 0.3) is 0 Å². The SMILES string of the molecule is NCC=Cc1ccc(N)c(N)c1. The predicted octanol–water partition coefficient (Wildman–Crippen LogP) is 0.823. The Morgan fingerprint density at radius 3 is 2.50 bits per heavy atom. The minimum absolute atomic E-state index is 0.532. The summed E-state index contributed by atoms with van der Waals surface area (Å²) in [6.45, 7) is 0.532. The summed E-state index contributed by atoms with van der Waals surface area (Å²) < 4.78 is 0. The first kappa shape index (κ1) is 8.62. The summed E-state index contributed by atoms with van der Waals surface area (Å²) in [6.07, 6.45) is 3.78. The molecular formula is C9H13N3. The second-order valence-electron chi connectivity index (χ2n) is 2.53. The third kappa shape index (κ3) is 2.00. The molecule has 12 heavy (non-hydrogen) atoms. The van der Waals surface area contributed by atoms with E-state index in [1.54, 1.807) is 6.07 Å². The Morgan fingerprint density at radius 1 is 1.17 bits per heavy atom. The van der Waals surface area contributed by atoms with Gasteiger partial charge in [0.1, 0.15) is 0 Å². The number of hydrogen-bond donors (Lipinski definition) is 3. The Morgan fingerprint density at radius 2 is 1.92 bits per heavy atom.